The largest absolute Gasteiger partial charge is 0.463 e. The Morgan fingerprint density at radius 3 is 2.29 bits per heavy atom. The van der Waals surface area contributed by atoms with Crippen LogP contribution in [0, 0.1) is 5.95 Å². The molecule has 1 saturated heterocycles. The van der Waals surface area contributed by atoms with Gasteiger partial charge in [0.15, 0.2) is 18.4 Å². The molecule has 0 bridgehead atoms. The zero-order valence-electron chi connectivity index (χ0n) is 13.3. The molecule has 0 radical (unpaired) electrons. The first kappa shape index (κ1) is 17.9. The molecule has 1 fully saturated rings. The number of esters is 3. The number of hydrogen-bond donors (Lipinski definition) is 0. The van der Waals surface area contributed by atoms with Crippen molar-refractivity contribution in [2.45, 2.75) is 45.3 Å². The van der Waals surface area contributed by atoms with Crippen molar-refractivity contribution in [2.75, 3.05) is 6.61 Å². The Kier molecular flexibility index (Phi) is 5.50. The molecule has 1 aliphatic heterocycles. The van der Waals surface area contributed by atoms with E-state index < -0.39 is 48.4 Å². The van der Waals surface area contributed by atoms with Gasteiger partial charge in [-0.25, -0.2) is 4.98 Å². The van der Waals surface area contributed by atoms with Crippen molar-refractivity contribution in [3.8, 4) is 0 Å². The van der Waals surface area contributed by atoms with Gasteiger partial charge in [0.25, 0.3) is 0 Å². The Morgan fingerprint density at radius 1 is 1.17 bits per heavy atom. The number of rotatable bonds is 5. The van der Waals surface area contributed by atoms with Gasteiger partial charge < -0.3 is 18.9 Å². The molecule has 0 aliphatic carbocycles. The molecule has 10 heteroatoms. The Labute approximate surface area is 136 Å². The number of halogens is 1. The summed E-state index contributed by atoms with van der Waals surface area (Å²) in [5, 5.41) is 0. The number of hydrogen-bond acceptors (Lipinski definition) is 8. The van der Waals surface area contributed by atoms with Gasteiger partial charge in [0.2, 0.25) is 5.95 Å². The smallest absolute Gasteiger partial charge is 0.303 e. The summed E-state index contributed by atoms with van der Waals surface area (Å²) in [6.45, 7) is 3.27. The minimum Gasteiger partial charge on any atom is -0.463 e. The van der Waals surface area contributed by atoms with Crippen molar-refractivity contribution in [1.29, 1.82) is 0 Å². The van der Waals surface area contributed by atoms with Crippen LogP contribution in [0.15, 0.2) is 12.5 Å². The van der Waals surface area contributed by atoms with Gasteiger partial charge in [-0.05, 0) is 0 Å². The lowest BCUT2D eigenvalue weighted by molar-refractivity contribution is -0.166. The maximum atomic E-state index is 13.8. The van der Waals surface area contributed by atoms with E-state index in [4.69, 9.17) is 18.9 Å². The van der Waals surface area contributed by atoms with Crippen molar-refractivity contribution in [1.82, 2.24) is 9.55 Å². The van der Waals surface area contributed by atoms with E-state index in [2.05, 4.69) is 4.98 Å². The highest BCUT2D eigenvalue weighted by Gasteiger charge is 2.51. The van der Waals surface area contributed by atoms with Crippen LogP contribution >= 0.6 is 0 Å². The molecule has 0 amide bonds. The molecule has 9 nitrogen and oxygen atoms in total. The third kappa shape index (κ3) is 4.07. The first-order chi connectivity index (χ1) is 11.3. The Balaban J connectivity index is 2.31. The van der Waals surface area contributed by atoms with Gasteiger partial charge in [-0.3, -0.25) is 19.0 Å². The number of imidazole rings is 1. The van der Waals surface area contributed by atoms with Crippen LogP contribution in [-0.4, -0.2) is 52.4 Å². The van der Waals surface area contributed by atoms with E-state index >= 15 is 0 Å². The molecule has 0 spiro atoms. The van der Waals surface area contributed by atoms with E-state index in [0.717, 1.165) is 24.0 Å². The van der Waals surface area contributed by atoms with E-state index in [1.807, 2.05) is 0 Å². The summed E-state index contributed by atoms with van der Waals surface area (Å²) < 4.78 is 35.6. The lowest BCUT2D eigenvalue weighted by Crippen LogP contribution is -2.40. The van der Waals surface area contributed by atoms with Gasteiger partial charge in [0, 0.05) is 20.8 Å². The number of carbonyl (C=O) groups excluding carboxylic acids is 3. The van der Waals surface area contributed by atoms with Crippen LogP contribution in [0.25, 0.3) is 0 Å². The molecular formula is C14H17FN2O7. The van der Waals surface area contributed by atoms with E-state index in [-0.39, 0.29) is 6.61 Å². The molecule has 132 valence electrons. The Bertz CT molecular complexity index is 632. The quantitative estimate of drug-likeness (QED) is 0.556. The highest BCUT2D eigenvalue weighted by molar-refractivity contribution is 5.67. The van der Waals surface area contributed by atoms with Gasteiger partial charge in [0.1, 0.15) is 12.7 Å². The Morgan fingerprint density at radius 2 is 1.79 bits per heavy atom. The third-order valence-corrected chi connectivity index (χ3v) is 3.23. The van der Waals surface area contributed by atoms with Crippen molar-refractivity contribution >= 4 is 17.9 Å². The molecule has 4 unspecified atom stereocenters. The number of carbonyl (C=O) groups is 3. The Hall–Kier alpha value is -2.49. The van der Waals surface area contributed by atoms with Crippen LogP contribution in [-0.2, 0) is 33.3 Å². The monoisotopic (exact) mass is 344 g/mol. The number of ether oxygens (including phenoxy) is 4. The molecular weight excluding hydrogens is 327 g/mol. The predicted octanol–water partition coefficient (Wildman–Crippen LogP) is 0.346. The molecule has 0 saturated carbocycles. The summed E-state index contributed by atoms with van der Waals surface area (Å²) in [6, 6.07) is 0. The van der Waals surface area contributed by atoms with Gasteiger partial charge >= 0.3 is 17.9 Å². The fraction of sp³-hybridized carbons (Fsp3) is 0.571. The normalized spacial score (nSPS) is 26.0. The molecule has 1 aromatic rings. The summed E-state index contributed by atoms with van der Waals surface area (Å²) in [5.74, 6) is -2.62. The maximum Gasteiger partial charge on any atom is 0.303 e. The van der Waals surface area contributed by atoms with Gasteiger partial charge in [0.05, 0.1) is 12.5 Å². The minimum absolute atomic E-state index is 0.252. The molecule has 0 N–H and O–H groups in total. The summed E-state index contributed by atoms with van der Waals surface area (Å²) >= 11 is 0. The van der Waals surface area contributed by atoms with Gasteiger partial charge in [-0.15, -0.1) is 0 Å². The van der Waals surface area contributed by atoms with Crippen molar-refractivity contribution in [2.24, 2.45) is 0 Å². The second-order valence-electron chi connectivity index (χ2n) is 5.14. The summed E-state index contributed by atoms with van der Waals surface area (Å²) in [7, 11) is 0. The highest BCUT2D eigenvalue weighted by Crippen LogP contribution is 2.34. The second kappa shape index (κ2) is 7.39. The highest BCUT2D eigenvalue weighted by atomic mass is 19.1. The van der Waals surface area contributed by atoms with Crippen LogP contribution in [0.2, 0.25) is 0 Å². The fourth-order valence-corrected chi connectivity index (χ4v) is 2.39. The summed E-state index contributed by atoms with van der Waals surface area (Å²) in [4.78, 5) is 37.4. The molecule has 2 rings (SSSR count). The van der Waals surface area contributed by atoms with Crippen LogP contribution in [0.1, 0.15) is 27.0 Å². The zero-order valence-corrected chi connectivity index (χ0v) is 13.3. The molecule has 2 heterocycles. The van der Waals surface area contributed by atoms with Crippen LogP contribution < -0.4 is 0 Å². The number of nitrogens with zero attached hydrogens (tertiary/aromatic N) is 2. The average Bonchev–Trinajstić information content (AvgIpc) is 3.01. The predicted molar refractivity (Wildman–Crippen MR) is 73.8 cm³/mol. The van der Waals surface area contributed by atoms with Crippen LogP contribution in [0.3, 0.4) is 0 Å². The zero-order chi connectivity index (χ0) is 17.9. The van der Waals surface area contributed by atoms with Crippen LogP contribution in [0.4, 0.5) is 4.39 Å². The van der Waals surface area contributed by atoms with E-state index in [0.29, 0.717) is 0 Å². The van der Waals surface area contributed by atoms with E-state index in [9.17, 15) is 18.8 Å². The maximum absolute atomic E-state index is 13.8. The third-order valence-electron chi connectivity index (χ3n) is 3.23. The molecule has 1 aliphatic rings. The minimum atomic E-state index is -1.13. The lowest BCUT2D eigenvalue weighted by Gasteiger charge is -2.23. The molecule has 0 aromatic carbocycles. The van der Waals surface area contributed by atoms with Crippen molar-refractivity contribution < 1.29 is 37.7 Å². The summed E-state index contributed by atoms with van der Waals surface area (Å²) in [5.41, 5.74) is 0. The molecule has 4 atom stereocenters. The first-order valence-corrected chi connectivity index (χ1v) is 7.10. The fourth-order valence-electron chi connectivity index (χ4n) is 2.39. The topological polar surface area (TPSA) is 106 Å². The van der Waals surface area contributed by atoms with E-state index in [1.54, 1.807) is 0 Å². The SMILES string of the molecule is CC(=O)OCC1OC(n2cncc2F)C(OC(C)=O)C1OC(C)=O. The van der Waals surface area contributed by atoms with Gasteiger partial charge in [-0.1, -0.05) is 0 Å². The van der Waals surface area contributed by atoms with Gasteiger partial charge in [-0.2, -0.15) is 4.39 Å². The van der Waals surface area contributed by atoms with E-state index in [1.165, 1.54) is 13.8 Å². The summed E-state index contributed by atoms with van der Waals surface area (Å²) in [6.07, 6.45) is -2.16. The van der Waals surface area contributed by atoms with Crippen molar-refractivity contribution in [3.63, 3.8) is 0 Å². The standard InChI is InChI=1S/C14H17FN2O7/c1-7(18)21-5-10-12(22-8(2)19)13(23-9(3)20)14(24-10)17-6-16-4-11(17)15/h4,6,10,12-14H,5H2,1-3H3. The van der Waals surface area contributed by atoms with Crippen LogP contribution in [0.5, 0.6) is 0 Å². The lowest BCUT2D eigenvalue weighted by atomic mass is 10.1. The molecule has 1 aromatic heterocycles. The van der Waals surface area contributed by atoms with Crippen molar-refractivity contribution in [3.05, 3.63) is 18.5 Å². The first-order valence-electron chi connectivity index (χ1n) is 7.10. The second-order valence-corrected chi connectivity index (χ2v) is 5.14. The average molecular weight is 344 g/mol. The molecule has 24 heavy (non-hydrogen) atoms. The number of aromatic nitrogens is 2.